The van der Waals surface area contributed by atoms with Crippen LogP contribution in [0.2, 0.25) is 0 Å². The number of fused-ring (bicyclic) bond motifs is 1. The zero-order valence-corrected chi connectivity index (χ0v) is 22.5. The average molecular weight is 531 g/mol. The van der Waals surface area contributed by atoms with E-state index in [0.717, 1.165) is 11.1 Å². The van der Waals surface area contributed by atoms with Gasteiger partial charge in [0, 0.05) is 17.0 Å². The maximum Gasteiger partial charge on any atom is 0.244 e. The lowest BCUT2D eigenvalue weighted by Gasteiger charge is -2.39. The van der Waals surface area contributed by atoms with E-state index < -0.39 is 15.6 Å². The monoisotopic (exact) mass is 530 g/mol. The Morgan fingerprint density at radius 3 is 2.42 bits per heavy atom. The van der Waals surface area contributed by atoms with E-state index in [1.807, 2.05) is 18.4 Å². The Morgan fingerprint density at radius 2 is 1.78 bits per heavy atom. The molecule has 1 aliphatic rings. The van der Waals surface area contributed by atoms with Gasteiger partial charge in [0.15, 0.2) is 0 Å². The van der Waals surface area contributed by atoms with Crippen molar-refractivity contribution in [2.24, 2.45) is 0 Å². The summed E-state index contributed by atoms with van der Waals surface area (Å²) < 4.78 is 47.7. The lowest BCUT2D eigenvalue weighted by atomic mass is 10.00. The molecule has 3 aromatic rings. The molecule has 1 aromatic heterocycles. The summed E-state index contributed by atoms with van der Waals surface area (Å²) in [5.41, 5.74) is 1.14. The maximum atomic E-state index is 13.7. The van der Waals surface area contributed by atoms with Gasteiger partial charge in [0.2, 0.25) is 15.9 Å². The Morgan fingerprint density at radius 1 is 1.11 bits per heavy atom. The minimum atomic E-state index is -3.91. The number of benzene rings is 2. The Balaban J connectivity index is 1.59. The average Bonchev–Trinajstić information content (AvgIpc) is 3.30. The van der Waals surface area contributed by atoms with Crippen molar-refractivity contribution in [3.05, 3.63) is 81.8 Å². The standard InChI is InChI=1S/C27H31FN2O4S2/c1-19-5-11-22(12-6-19)36(32,33)30(27(2,3)4)17-26(31)29-15-13-25-23(14-16-35-25)24(29)18-34-21-9-7-20(28)8-10-21/h5-12,14,16,24H,13,15,17-18H2,1-4H3. The van der Waals surface area contributed by atoms with Crippen LogP contribution in [0.5, 0.6) is 5.75 Å². The van der Waals surface area contributed by atoms with Gasteiger partial charge in [0.25, 0.3) is 0 Å². The number of carbonyl (C=O) groups excluding carboxylic acids is 1. The summed E-state index contributed by atoms with van der Waals surface area (Å²) >= 11 is 1.64. The molecule has 0 spiro atoms. The van der Waals surface area contributed by atoms with Crippen molar-refractivity contribution in [3.63, 3.8) is 0 Å². The van der Waals surface area contributed by atoms with Crippen molar-refractivity contribution >= 4 is 27.3 Å². The molecule has 9 heteroatoms. The van der Waals surface area contributed by atoms with Crippen LogP contribution in [0.3, 0.4) is 0 Å². The molecule has 192 valence electrons. The van der Waals surface area contributed by atoms with Gasteiger partial charge in [0.1, 0.15) is 18.2 Å². The molecule has 1 atom stereocenters. The molecule has 0 saturated heterocycles. The van der Waals surface area contributed by atoms with Crippen LogP contribution in [0.25, 0.3) is 0 Å². The number of nitrogens with zero attached hydrogens (tertiary/aromatic N) is 2. The highest BCUT2D eigenvalue weighted by Gasteiger charge is 2.39. The van der Waals surface area contributed by atoms with E-state index >= 15 is 0 Å². The van der Waals surface area contributed by atoms with E-state index in [9.17, 15) is 17.6 Å². The first-order valence-corrected chi connectivity index (χ1v) is 14.1. The molecule has 2 heterocycles. The number of amides is 1. The molecule has 1 aliphatic heterocycles. The molecule has 0 N–H and O–H groups in total. The molecule has 6 nitrogen and oxygen atoms in total. The highest BCUT2D eigenvalue weighted by atomic mass is 32.2. The second-order valence-corrected chi connectivity index (χ2v) is 12.8. The van der Waals surface area contributed by atoms with Gasteiger partial charge in [-0.3, -0.25) is 4.79 Å². The number of sulfonamides is 1. The number of halogens is 1. The molecule has 1 amide bonds. The lowest BCUT2D eigenvalue weighted by Crippen LogP contribution is -2.52. The van der Waals surface area contributed by atoms with E-state index in [0.29, 0.717) is 18.7 Å². The number of aryl methyl sites for hydroxylation is 1. The van der Waals surface area contributed by atoms with E-state index in [4.69, 9.17) is 4.74 Å². The van der Waals surface area contributed by atoms with Crippen molar-refractivity contribution in [3.8, 4) is 5.75 Å². The zero-order valence-electron chi connectivity index (χ0n) is 20.9. The SMILES string of the molecule is Cc1ccc(S(=O)(=O)N(CC(=O)N2CCc3sccc3C2COc2ccc(F)cc2)C(C)(C)C)cc1. The van der Waals surface area contributed by atoms with Crippen molar-refractivity contribution in [2.45, 2.75) is 50.6 Å². The third-order valence-electron chi connectivity index (χ3n) is 6.27. The largest absolute Gasteiger partial charge is 0.491 e. The number of ether oxygens (including phenoxy) is 1. The third-order valence-corrected chi connectivity index (χ3v) is 9.39. The summed E-state index contributed by atoms with van der Waals surface area (Å²) in [6.07, 6.45) is 0.700. The van der Waals surface area contributed by atoms with Crippen LogP contribution in [0.1, 0.15) is 42.8 Å². The van der Waals surface area contributed by atoms with Crippen LogP contribution in [-0.4, -0.2) is 48.8 Å². The summed E-state index contributed by atoms with van der Waals surface area (Å²) in [4.78, 5) is 16.8. The fourth-order valence-electron chi connectivity index (χ4n) is 4.31. The van der Waals surface area contributed by atoms with Gasteiger partial charge >= 0.3 is 0 Å². The zero-order chi connectivity index (χ0) is 26.1. The smallest absolute Gasteiger partial charge is 0.244 e. The van der Waals surface area contributed by atoms with E-state index in [-0.39, 0.29) is 35.8 Å². The van der Waals surface area contributed by atoms with Crippen molar-refractivity contribution in [2.75, 3.05) is 19.7 Å². The molecule has 0 fully saturated rings. The van der Waals surface area contributed by atoms with E-state index in [1.165, 1.54) is 21.3 Å². The number of carbonyl (C=O) groups is 1. The summed E-state index contributed by atoms with van der Waals surface area (Å²) in [7, 11) is -3.91. The fraction of sp³-hybridized carbons (Fsp3) is 0.370. The first-order valence-electron chi connectivity index (χ1n) is 11.8. The minimum Gasteiger partial charge on any atom is -0.491 e. The normalized spacial score (nSPS) is 16.2. The van der Waals surface area contributed by atoms with Crippen molar-refractivity contribution in [1.82, 2.24) is 9.21 Å². The lowest BCUT2D eigenvalue weighted by molar-refractivity contribution is -0.135. The molecule has 36 heavy (non-hydrogen) atoms. The van der Waals surface area contributed by atoms with Crippen LogP contribution < -0.4 is 4.74 Å². The van der Waals surface area contributed by atoms with Crippen LogP contribution in [-0.2, 0) is 21.2 Å². The Kier molecular flexibility index (Phi) is 7.54. The predicted octanol–water partition coefficient (Wildman–Crippen LogP) is 5.19. The molecular weight excluding hydrogens is 499 g/mol. The fourth-order valence-corrected chi connectivity index (χ4v) is 6.98. The van der Waals surface area contributed by atoms with Crippen molar-refractivity contribution < 1.29 is 22.3 Å². The van der Waals surface area contributed by atoms with Gasteiger partial charge < -0.3 is 9.64 Å². The van der Waals surface area contributed by atoms with Crippen LogP contribution >= 0.6 is 11.3 Å². The second-order valence-electron chi connectivity index (χ2n) is 9.91. The number of rotatable bonds is 7. The minimum absolute atomic E-state index is 0.158. The van der Waals surface area contributed by atoms with Gasteiger partial charge in [-0.2, -0.15) is 4.31 Å². The predicted molar refractivity (Wildman–Crippen MR) is 139 cm³/mol. The Bertz CT molecular complexity index is 1310. The van der Waals surface area contributed by atoms with Gasteiger partial charge in [-0.15, -0.1) is 11.3 Å². The molecule has 4 rings (SSSR count). The highest BCUT2D eigenvalue weighted by molar-refractivity contribution is 7.89. The van der Waals surface area contributed by atoms with Gasteiger partial charge in [-0.25, -0.2) is 12.8 Å². The number of hydrogen-bond donors (Lipinski definition) is 0. The Hall–Kier alpha value is -2.75. The molecule has 1 unspecified atom stereocenters. The van der Waals surface area contributed by atoms with Gasteiger partial charge in [-0.05, 0) is 87.5 Å². The summed E-state index contributed by atoms with van der Waals surface area (Å²) in [6.45, 7) is 7.61. The first kappa shape index (κ1) is 26.3. The highest BCUT2D eigenvalue weighted by Crippen LogP contribution is 2.35. The van der Waals surface area contributed by atoms with Crippen LogP contribution in [0.4, 0.5) is 4.39 Å². The van der Waals surface area contributed by atoms with Crippen LogP contribution in [0, 0.1) is 12.7 Å². The summed E-state index contributed by atoms with van der Waals surface area (Å²) in [5, 5.41) is 1.99. The number of thiophene rings is 1. The van der Waals surface area contributed by atoms with E-state index in [1.54, 1.807) is 73.4 Å². The van der Waals surface area contributed by atoms with Crippen LogP contribution in [0.15, 0.2) is 64.9 Å². The molecule has 0 aliphatic carbocycles. The first-order chi connectivity index (χ1) is 17.0. The number of hydrogen-bond acceptors (Lipinski definition) is 5. The van der Waals surface area contributed by atoms with Gasteiger partial charge in [0.05, 0.1) is 17.5 Å². The summed E-state index contributed by atoms with van der Waals surface area (Å²) in [5.74, 6) is -0.136. The quantitative estimate of drug-likeness (QED) is 0.422. The summed E-state index contributed by atoms with van der Waals surface area (Å²) in [6, 6.07) is 14.0. The Labute approximate surface area is 216 Å². The molecule has 0 saturated carbocycles. The molecular formula is C27H31FN2O4S2. The van der Waals surface area contributed by atoms with Crippen molar-refractivity contribution in [1.29, 1.82) is 0 Å². The topological polar surface area (TPSA) is 66.9 Å². The maximum absolute atomic E-state index is 13.7. The third kappa shape index (κ3) is 5.63. The molecule has 0 radical (unpaired) electrons. The second kappa shape index (κ2) is 10.3. The molecule has 0 bridgehead atoms. The molecule has 2 aromatic carbocycles. The van der Waals surface area contributed by atoms with Gasteiger partial charge in [-0.1, -0.05) is 17.7 Å². The van der Waals surface area contributed by atoms with E-state index in [2.05, 4.69) is 0 Å².